The lowest BCUT2D eigenvalue weighted by Gasteiger charge is -2.23. The summed E-state index contributed by atoms with van der Waals surface area (Å²) < 4.78 is 38.6. The molecule has 1 nitrogen and oxygen atoms in total. The Balaban J connectivity index is 3.23. The van der Waals surface area contributed by atoms with Gasteiger partial charge in [0.2, 0.25) is 0 Å². The van der Waals surface area contributed by atoms with Gasteiger partial charge in [0.1, 0.15) is 6.04 Å². The van der Waals surface area contributed by atoms with Gasteiger partial charge in [0.05, 0.1) is 0 Å². The van der Waals surface area contributed by atoms with Crippen LogP contribution in [0, 0.1) is 6.92 Å². The molecular formula is C13H18F3N. The van der Waals surface area contributed by atoms with Crippen LogP contribution in [-0.2, 0) is 0 Å². The fourth-order valence-electron chi connectivity index (χ4n) is 1.82. The lowest BCUT2D eigenvalue weighted by atomic mass is 9.94. The second kappa shape index (κ2) is 5.08. The van der Waals surface area contributed by atoms with Crippen LogP contribution >= 0.6 is 0 Å². The molecule has 0 amide bonds. The molecule has 1 atom stereocenters. The summed E-state index contributed by atoms with van der Waals surface area (Å²) in [6.07, 6.45) is -4.27. The van der Waals surface area contributed by atoms with E-state index in [1.807, 2.05) is 19.9 Å². The summed E-state index contributed by atoms with van der Waals surface area (Å²) in [5.74, 6) is 0.222. The van der Waals surface area contributed by atoms with Crippen LogP contribution in [0.15, 0.2) is 18.2 Å². The molecule has 17 heavy (non-hydrogen) atoms. The van der Waals surface area contributed by atoms with E-state index in [9.17, 15) is 13.2 Å². The van der Waals surface area contributed by atoms with Gasteiger partial charge in [-0.25, -0.2) is 0 Å². The van der Waals surface area contributed by atoms with Crippen LogP contribution in [0.4, 0.5) is 13.2 Å². The minimum absolute atomic E-state index is 0.222. The van der Waals surface area contributed by atoms with Gasteiger partial charge >= 0.3 is 6.18 Å². The van der Waals surface area contributed by atoms with Crippen molar-refractivity contribution in [2.75, 3.05) is 7.05 Å². The molecular weight excluding hydrogens is 227 g/mol. The van der Waals surface area contributed by atoms with E-state index in [0.29, 0.717) is 11.1 Å². The number of alkyl halides is 3. The molecule has 4 heteroatoms. The highest BCUT2D eigenvalue weighted by molar-refractivity contribution is 5.35. The summed E-state index contributed by atoms with van der Waals surface area (Å²) in [4.78, 5) is 0. The van der Waals surface area contributed by atoms with Crippen molar-refractivity contribution in [3.63, 3.8) is 0 Å². The molecule has 0 fully saturated rings. The normalized spacial score (nSPS) is 14.1. The first-order valence-electron chi connectivity index (χ1n) is 5.61. The molecule has 0 saturated heterocycles. The first kappa shape index (κ1) is 14.0. The van der Waals surface area contributed by atoms with Gasteiger partial charge in [0.15, 0.2) is 0 Å². The van der Waals surface area contributed by atoms with Gasteiger partial charge in [-0.05, 0) is 36.6 Å². The van der Waals surface area contributed by atoms with Gasteiger partial charge in [-0.1, -0.05) is 32.0 Å². The smallest absolute Gasteiger partial charge is 0.306 e. The van der Waals surface area contributed by atoms with Crippen molar-refractivity contribution in [2.24, 2.45) is 0 Å². The van der Waals surface area contributed by atoms with Crippen LogP contribution in [0.3, 0.4) is 0 Å². The van der Waals surface area contributed by atoms with E-state index in [2.05, 4.69) is 5.32 Å². The number of nitrogens with one attached hydrogen (secondary N) is 1. The van der Waals surface area contributed by atoms with Crippen molar-refractivity contribution in [1.29, 1.82) is 0 Å². The lowest BCUT2D eigenvalue weighted by Crippen LogP contribution is -2.32. The standard InChI is InChI=1S/C13H18F3N/c1-8(2)10-6-5-9(3)11(7-10)12(17-4)13(14,15)16/h5-8,12,17H,1-4H3. The van der Waals surface area contributed by atoms with Gasteiger partial charge in [0, 0.05) is 0 Å². The maximum Gasteiger partial charge on any atom is 0.407 e. The SMILES string of the molecule is CNC(c1cc(C(C)C)ccc1C)C(F)(F)F. The van der Waals surface area contributed by atoms with E-state index < -0.39 is 12.2 Å². The van der Waals surface area contributed by atoms with Crippen molar-refractivity contribution in [3.05, 3.63) is 34.9 Å². The van der Waals surface area contributed by atoms with Crippen molar-refractivity contribution in [2.45, 2.75) is 38.9 Å². The zero-order chi connectivity index (χ0) is 13.2. The van der Waals surface area contributed by atoms with Crippen LogP contribution in [0.25, 0.3) is 0 Å². The Morgan fingerprint density at radius 1 is 1.18 bits per heavy atom. The number of benzene rings is 1. The second-order valence-corrected chi connectivity index (χ2v) is 4.53. The van der Waals surface area contributed by atoms with Crippen LogP contribution in [0.5, 0.6) is 0 Å². The summed E-state index contributed by atoms with van der Waals surface area (Å²) in [6.45, 7) is 5.64. The average Bonchev–Trinajstić information content (AvgIpc) is 2.19. The number of hydrogen-bond acceptors (Lipinski definition) is 1. The number of halogens is 3. The van der Waals surface area contributed by atoms with E-state index in [4.69, 9.17) is 0 Å². The molecule has 1 aromatic rings. The van der Waals surface area contributed by atoms with E-state index >= 15 is 0 Å². The molecule has 0 aromatic heterocycles. The maximum atomic E-state index is 12.9. The van der Waals surface area contributed by atoms with E-state index in [1.165, 1.54) is 7.05 Å². The highest BCUT2D eigenvalue weighted by Gasteiger charge is 2.40. The Morgan fingerprint density at radius 2 is 1.76 bits per heavy atom. The molecule has 1 aromatic carbocycles. The molecule has 0 radical (unpaired) electrons. The minimum Gasteiger partial charge on any atom is -0.306 e. The Kier molecular flexibility index (Phi) is 4.20. The zero-order valence-corrected chi connectivity index (χ0v) is 10.5. The minimum atomic E-state index is -4.27. The average molecular weight is 245 g/mol. The summed E-state index contributed by atoms with van der Waals surface area (Å²) in [5, 5.41) is 2.34. The van der Waals surface area contributed by atoms with E-state index in [0.717, 1.165) is 5.56 Å². The van der Waals surface area contributed by atoms with E-state index in [-0.39, 0.29) is 5.92 Å². The number of aryl methyl sites for hydroxylation is 1. The molecule has 1 rings (SSSR count). The fourth-order valence-corrected chi connectivity index (χ4v) is 1.82. The molecule has 0 spiro atoms. The number of rotatable bonds is 3. The predicted molar refractivity (Wildman–Crippen MR) is 63.1 cm³/mol. The molecule has 0 saturated carbocycles. The van der Waals surface area contributed by atoms with Crippen molar-refractivity contribution >= 4 is 0 Å². The second-order valence-electron chi connectivity index (χ2n) is 4.53. The van der Waals surface area contributed by atoms with Gasteiger partial charge in [-0.2, -0.15) is 13.2 Å². The molecule has 1 N–H and O–H groups in total. The summed E-state index contributed by atoms with van der Waals surface area (Å²) >= 11 is 0. The van der Waals surface area contributed by atoms with Crippen LogP contribution < -0.4 is 5.32 Å². The molecule has 0 bridgehead atoms. The van der Waals surface area contributed by atoms with Crippen LogP contribution in [-0.4, -0.2) is 13.2 Å². The fraction of sp³-hybridized carbons (Fsp3) is 0.538. The summed E-state index contributed by atoms with van der Waals surface area (Å²) in [7, 11) is 1.33. The Morgan fingerprint density at radius 3 is 2.18 bits per heavy atom. The summed E-state index contributed by atoms with van der Waals surface area (Å²) in [5.41, 5.74) is 1.90. The third-order valence-electron chi connectivity index (χ3n) is 2.90. The Hall–Kier alpha value is -1.03. The quantitative estimate of drug-likeness (QED) is 0.850. The third kappa shape index (κ3) is 3.22. The van der Waals surface area contributed by atoms with Gasteiger partial charge in [-0.15, -0.1) is 0 Å². The summed E-state index contributed by atoms with van der Waals surface area (Å²) in [6, 6.07) is 3.68. The molecule has 0 aliphatic rings. The topological polar surface area (TPSA) is 12.0 Å². The van der Waals surface area contributed by atoms with E-state index in [1.54, 1.807) is 19.1 Å². The molecule has 0 heterocycles. The number of hydrogen-bond donors (Lipinski definition) is 1. The van der Waals surface area contributed by atoms with Gasteiger partial charge < -0.3 is 5.32 Å². The Labute approximate surface area is 100 Å². The molecule has 96 valence electrons. The predicted octanol–water partition coefficient (Wildman–Crippen LogP) is 3.94. The van der Waals surface area contributed by atoms with Crippen molar-refractivity contribution < 1.29 is 13.2 Å². The third-order valence-corrected chi connectivity index (χ3v) is 2.90. The van der Waals surface area contributed by atoms with Crippen molar-refractivity contribution in [1.82, 2.24) is 5.32 Å². The first-order chi connectivity index (χ1) is 7.77. The highest BCUT2D eigenvalue weighted by Crippen LogP contribution is 2.35. The molecule has 1 unspecified atom stereocenters. The van der Waals surface area contributed by atoms with Gasteiger partial charge in [-0.3, -0.25) is 0 Å². The zero-order valence-electron chi connectivity index (χ0n) is 10.5. The first-order valence-corrected chi connectivity index (χ1v) is 5.61. The van der Waals surface area contributed by atoms with Crippen molar-refractivity contribution in [3.8, 4) is 0 Å². The molecule has 0 aliphatic carbocycles. The van der Waals surface area contributed by atoms with Crippen LogP contribution in [0.1, 0.15) is 42.5 Å². The molecule has 0 aliphatic heterocycles. The highest BCUT2D eigenvalue weighted by atomic mass is 19.4. The van der Waals surface area contributed by atoms with Crippen LogP contribution in [0.2, 0.25) is 0 Å². The monoisotopic (exact) mass is 245 g/mol. The van der Waals surface area contributed by atoms with Gasteiger partial charge in [0.25, 0.3) is 0 Å². The Bertz CT molecular complexity index is 383. The maximum absolute atomic E-state index is 12.9. The lowest BCUT2D eigenvalue weighted by molar-refractivity contribution is -0.156. The largest absolute Gasteiger partial charge is 0.407 e.